The zero-order chi connectivity index (χ0) is 13.9. The first-order valence-electron chi connectivity index (χ1n) is 4.82. The minimum Gasteiger partial charge on any atom is -0.396 e. The molecule has 0 radical (unpaired) electrons. The predicted octanol–water partition coefficient (Wildman–Crippen LogP) is 1.49. The monoisotopic (exact) mass is 269 g/mol. The fourth-order valence-corrected chi connectivity index (χ4v) is 1.17. The number of hydrogen-bond acceptors (Lipinski definition) is 2. The van der Waals surface area contributed by atoms with Gasteiger partial charge in [-0.1, -0.05) is 0 Å². The topological polar surface area (TPSA) is 49.3 Å². The summed E-state index contributed by atoms with van der Waals surface area (Å²) in [5, 5.41) is 10.3. The third-order valence-electron chi connectivity index (χ3n) is 2.06. The molecule has 100 valence electrons. The van der Waals surface area contributed by atoms with E-state index in [-0.39, 0.29) is 19.6 Å². The Bertz CT molecular complexity index is 449. The van der Waals surface area contributed by atoms with Crippen LogP contribution in [0.25, 0.3) is 0 Å². The van der Waals surface area contributed by atoms with Gasteiger partial charge in [0.1, 0.15) is 5.56 Å². The van der Waals surface area contributed by atoms with E-state index in [1.54, 1.807) is 0 Å². The van der Waals surface area contributed by atoms with Gasteiger partial charge in [0.05, 0.1) is 0 Å². The van der Waals surface area contributed by atoms with Crippen LogP contribution in [0.4, 0.5) is 22.0 Å². The molecule has 0 saturated heterocycles. The van der Waals surface area contributed by atoms with Crippen LogP contribution in [0, 0.1) is 29.1 Å². The highest BCUT2D eigenvalue weighted by molar-refractivity contribution is 5.94. The summed E-state index contributed by atoms with van der Waals surface area (Å²) in [5.74, 6) is -12.5. The minimum atomic E-state index is -2.32. The van der Waals surface area contributed by atoms with E-state index >= 15 is 0 Å². The molecule has 1 rings (SSSR count). The number of aliphatic hydroxyl groups excluding tert-OH is 1. The molecule has 0 saturated carbocycles. The molecule has 1 aromatic carbocycles. The molecule has 0 fully saturated rings. The molecule has 1 aromatic rings. The SMILES string of the molecule is O=C(NCCCO)c1c(F)c(F)c(F)c(F)c1F. The van der Waals surface area contributed by atoms with E-state index in [1.807, 2.05) is 5.32 Å². The standard InChI is InChI=1S/C10H8F5NO2/c11-5-4(10(18)16-2-1-3-17)6(12)8(14)9(15)7(5)13/h17H,1-3H2,(H,16,18). The van der Waals surface area contributed by atoms with Gasteiger partial charge < -0.3 is 10.4 Å². The summed E-state index contributed by atoms with van der Waals surface area (Å²) < 4.78 is 64.5. The van der Waals surface area contributed by atoms with Crippen LogP contribution < -0.4 is 5.32 Å². The molecule has 0 unspecified atom stereocenters. The van der Waals surface area contributed by atoms with Crippen LogP contribution in [0.2, 0.25) is 0 Å². The number of carbonyl (C=O) groups excluding carboxylic acids is 1. The van der Waals surface area contributed by atoms with Gasteiger partial charge in [0.2, 0.25) is 5.82 Å². The van der Waals surface area contributed by atoms with Crippen molar-refractivity contribution in [2.24, 2.45) is 0 Å². The maximum Gasteiger partial charge on any atom is 0.257 e. The number of aliphatic hydroxyl groups is 1. The quantitative estimate of drug-likeness (QED) is 0.376. The first kappa shape index (κ1) is 14.4. The summed E-state index contributed by atoms with van der Waals surface area (Å²) >= 11 is 0. The van der Waals surface area contributed by atoms with Gasteiger partial charge >= 0.3 is 0 Å². The lowest BCUT2D eigenvalue weighted by Gasteiger charge is -2.08. The fourth-order valence-electron chi connectivity index (χ4n) is 1.17. The third-order valence-corrected chi connectivity index (χ3v) is 2.06. The first-order chi connectivity index (χ1) is 8.41. The molecule has 0 heterocycles. The van der Waals surface area contributed by atoms with E-state index in [1.165, 1.54) is 0 Å². The Hall–Kier alpha value is -1.70. The molecule has 0 aliphatic heterocycles. The highest BCUT2D eigenvalue weighted by atomic mass is 19.2. The summed E-state index contributed by atoms with van der Waals surface area (Å²) in [4.78, 5) is 11.2. The number of carbonyl (C=O) groups is 1. The maximum absolute atomic E-state index is 13.1. The van der Waals surface area contributed by atoms with Crippen molar-refractivity contribution in [2.75, 3.05) is 13.2 Å². The molecule has 0 spiro atoms. The molecule has 0 aliphatic rings. The Balaban J connectivity index is 3.13. The van der Waals surface area contributed by atoms with Crippen LogP contribution in [0.1, 0.15) is 16.8 Å². The average Bonchev–Trinajstić information content (AvgIpc) is 2.34. The van der Waals surface area contributed by atoms with Crippen LogP contribution in [0.3, 0.4) is 0 Å². The number of rotatable bonds is 4. The molecule has 8 heteroatoms. The van der Waals surface area contributed by atoms with Gasteiger partial charge in [-0.05, 0) is 6.42 Å². The lowest BCUT2D eigenvalue weighted by atomic mass is 10.1. The van der Waals surface area contributed by atoms with E-state index in [0.29, 0.717) is 0 Å². The molecule has 2 N–H and O–H groups in total. The molecule has 0 aliphatic carbocycles. The van der Waals surface area contributed by atoms with Crippen LogP contribution in [0.5, 0.6) is 0 Å². The van der Waals surface area contributed by atoms with E-state index in [9.17, 15) is 26.7 Å². The molecule has 0 atom stereocenters. The Kier molecular flexibility index (Phi) is 4.60. The van der Waals surface area contributed by atoms with E-state index < -0.39 is 40.6 Å². The van der Waals surface area contributed by atoms with Crippen molar-refractivity contribution in [2.45, 2.75) is 6.42 Å². The van der Waals surface area contributed by atoms with Gasteiger partial charge in [0.25, 0.3) is 5.91 Å². The van der Waals surface area contributed by atoms with Crippen molar-refractivity contribution in [3.05, 3.63) is 34.6 Å². The van der Waals surface area contributed by atoms with Crippen molar-refractivity contribution in [3.63, 3.8) is 0 Å². The fraction of sp³-hybridized carbons (Fsp3) is 0.300. The lowest BCUT2D eigenvalue weighted by molar-refractivity contribution is 0.0939. The zero-order valence-corrected chi connectivity index (χ0v) is 8.87. The van der Waals surface area contributed by atoms with Crippen LogP contribution in [0.15, 0.2) is 0 Å². The van der Waals surface area contributed by atoms with Crippen molar-refractivity contribution in [1.29, 1.82) is 0 Å². The van der Waals surface area contributed by atoms with E-state index in [0.717, 1.165) is 0 Å². The first-order valence-corrected chi connectivity index (χ1v) is 4.82. The third kappa shape index (κ3) is 2.58. The van der Waals surface area contributed by atoms with Gasteiger partial charge in [-0.2, -0.15) is 0 Å². The predicted molar refractivity (Wildman–Crippen MR) is 50.3 cm³/mol. The summed E-state index contributed by atoms with van der Waals surface area (Å²) in [6.07, 6.45) is 0.0845. The largest absolute Gasteiger partial charge is 0.396 e. The van der Waals surface area contributed by atoms with Gasteiger partial charge in [-0.3, -0.25) is 4.79 Å². The Labute approximate surface area is 98.2 Å². The second-order valence-corrected chi connectivity index (χ2v) is 3.28. The van der Waals surface area contributed by atoms with Gasteiger partial charge in [-0.25, -0.2) is 22.0 Å². The van der Waals surface area contributed by atoms with Crippen LogP contribution in [-0.2, 0) is 0 Å². The average molecular weight is 269 g/mol. The number of benzene rings is 1. The molecule has 3 nitrogen and oxygen atoms in total. The molecule has 0 aromatic heterocycles. The van der Waals surface area contributed by atoms with Gasteiger partial charge in [0, 0.05) is 13.2 Å². The second-order valence-electron chi connectivity index (χ2n) is 3.28. The lowest BCUT2D eigenvalue weighted by Crippen LogP contribution is -2.28. The number of amides is 1. The molecule has 1 amide bonds. The van der Waals surface area contributed by atoms with Crippen LogP contribution >= 0.6 is 0 Å². The molecular weight excluding hydrogens is 261 g/mol. The summed E-state index contributed by atoms with van der Waals surface area (Å²) in [5.41, 5.74) is -1.54. The smallest absolute Gasteiger partial charge is 0.257 e. The van der Waals surface area contributed by atoms with E-state index in [4.69, 9.17) is 5.11 Å². The Morgan fingerprint density at radius 3 is 1.83 bits per heavy atom. The summed E-state index contributed by atoms with van der Waals surface area (Å²) in [6.45, 7) is -0.452. The summed E-state index contributed by atoms with van der Waals surface area (Å²) in [6, 6.07) is 0. The van der Waals surface area contributed by atoms with E-state index in [2.05, 4.69) is 0 Å². The van der Waals surface area contributed by atoms with Crippen LogP contribution in [-0.4, -0.2) is 24.2 Å². The van der Waals surface area contributed by atoms with Crippen molar-refractivity contribution in [3.8, 4) is 0 Å². The van der Waals surface area contributed by atoms with Crippen molar-refractivity contribution >= 4 is 5.91 Å². The Morgan fingerprint density at radius 1 is 0.944 bits per heavy atom. The number of nitrogens with one attached hydrogen (secondary N) is 1. The molecule has 0 bridgehead atoms. The highest BCUT2D eigenvalue weighted by Gasteiger charge is 2.29. The highest BCUT2D eigenvalue weighted by Crippen LogP contribution is 2.22. The Morgan fingerprint density at radius 2 is 1.39 bits per heavy atom. The minimum absolute atomic E-state index is 0.0845. The molecular formula is C10H8F5NO2. The summed E-state index contributed by atoms with van der Waals surface area (Å²) in [7, 11) is 0. The number of halogens is 5. The van der Waals surface area contributed by atoms with Crippen molar-refractivity contribution < 1.29 is 31.9 Å². The van der Waals surface area contributed by atoms with Gasteiger partial charge in [-0.15, -0.1) is 0 Å². The molecule has 18 heavy (non-hydrogen) atoms. The van der Waals surface area contributed by atoms with Gasteiger partial charge in [0.15, 0.2) is 23.3 Å². The maximum atomic E-state index is 13.1. The number of hydrogen-bond donors (Lipinski definition) is 2. The normalized spacial score (nSPS) is 10.6. The second kappa shape index (κ2) is 5.76. The zero-order valence-electron chi connectivity index (χ0n) is 8.87. The van der Waals surface area contributed by atoms with Crippen molar-refractivity contribution in [1.82, 2.24) is 5.32 Å².